The SMILES string of the molecule is Cn1cnn(Cc2nc3ccc(N)cc3o2)c1=O. The number of fused-ring (bicyclic) bond motifs is 1. The second-order valence-electron chi connectivity index (χ2n) is 4.02. The van der Waals surface area contributed by atoms with E-state index in [1.807, 2.05) is 0 Å². The van der Waals surface area contributed by atoms with Gasteiger partial charge in [-0.2, -0.15) is 5.10 Å². The molecule has 0 atom stereocenters. The van der Waals surface area contributed by atoms with Crippen LogP contribution in [0.3, 0.4) is 0 Å². The Hall–Kier alpha value is -2.57. The van der Waals surface area contributed by atoms with E-state index in [4.69, 9.17) is 10.2 Å². The van der Waals surface area contributed by atoms with Crippen LogP contribution in [0.4, 0.5) is 5.69 Å². The van der Waals surface area contributed by atoms with Crippen molar-refractivity contribution < 1.29 is 4.42 Å². The Kier molecular flexibility index (Phi) is 2.19. The van der Waals surface area contributed by atoms with E-state index in [0.717, 1.165) is 0 Å². The van der Waals surface area contributed by atoms with Crippen LogP contribution in [0, 0.1) is 0 Å². The van der Waals surface area contributed by atoms with Gasteiger partial charge in [0.05, 0.1) is 0 Å². The van der Waals surface area contributed by atoms with E-state index in [9.17, 15) is 4.79 Å². The number of aromatic nitrogens is 4. The molecule has 0 radical (unpaired) electrons. The molecule has 2 aromatic heterocycles. The molecule has 7 heteroatoms. The fourth-order valence-corrected chi connectivity index (χ4v) is 1.71. The van der Waals surface area contributed by atoms with Crippen molar-refractivity contribution in [1.29, 1.82) is 0 Å². The van der Waals surface area contributed by atoms with Crippen LogP contribution in [0.1, 0.15) is 5.89 Å². The van der Waals surface area contributed by atoms with Gasteiger partial charge in [0.15, 0.2) is 5.58 Å². The molecular weight excluding hydrogens is 234 g/mol. The van der Waals surface area contributed by atoms with E-state index in [1.165, 1.54) is 15.6 Å². The van der Waals surface area contributed by atoms with Crippen molar-refractivity contribution in [2.45, 2.75) is 6.54 Å². The summed E-state index contributed by atoms with van der Waals surface area (Å²) in [6, 6.07) is 5.23. The molecule has 0 spiro atoms. The number of oxazole rings is 1. The Morgan fingerprint density at radius 2 is 2.28 bits per heavy atom. The zero-order valence-electron chi connectivity index (χ0n) is 9.70. The highest BCUT2D eigenvalue weighted by atomic mass is 16.3. The maximum absolute atomic E-state index is 11.6. The number of aryl methyl sites for hydroxylation is 1. The minimum Gasteiger partial charge on any atom is -0.439 e. The van der Waals surface area contributed by atoms with E-state index in [2.05, 4.69) is 10.1 Å². The third kappa shape index (κ3) is 1.65. The molecule has 0 amide bonds. The minimum absolute atomic E-state index is 0.203. The van der Waals surface area contributed by atoms with Crippen LogP contribution < -0.4 is 11.4 Å². The zero-order valence-corrected chi connectivity index (χ0v) is 9.70. The molecule has 1 aromatic carbocycles. The van der Waals surface area contributed by atoms with Crippen molar-refractivity contribution in [1.82, 2.24) is 19.3 Å². The molecule has 0 aliphatic heterocycles. The first-order chi connectivity index (χ1) is 8.63. The number of nitrogens with two attached hydrogens (primary N) is 1. The van der Waals surface area contributed by atoms with Gasteiger partial charge < -0.3 is 10.2 Å². The van der Waals surface area contributed by atoms with E-state index in [0.29, 0.717) is 22.7 Å². The van der Waals surface area contributed by atoms with Crippen LogP contribution in [0.5, 0.6) is 0 Å². The lowest BCUT2D eigenvalue weighted by atomic mass is 10.3. The molecule has 92 valence electrons. The molecule has 0 fully saturated rings. The van der Waals surface area contributed by atoms with E-state index in [-0.39, 0.29) is 12.2 Å². The first-order valence-corrected chi connectivity index (χ1v) is 5.37. The van der Waals surface area contributed by atoms with Crippen LogP contribution in [-0.2, 0) is 13.6 Å². The van der Waals surface area contributed by atoms with Gasteiger partial charge in [-0.05, 0) is 12.1 Å². The Morgan fingerprint density at radius 3 is 3.00 bits per heavy atom. The molecule has 0 aliphatic rings. The summed E-state index contributed by atoms with van der Waals surface area (Å²) >= 11 is 0. The van der Waals surface area contributed by atoms with Gasteiger partial charge in [0, 0.05) is 18.8 Å². The van der Waals surface area contributed by atoms with Crippen LogP contribution >= 0.6 is 0 Å². The second-order valence-corrected chi connectivity index (χ2v) is 4.02. The largest absolute Gasteiger partial charge is 0.439 e. The highest BCUT2D eigenvalue weighted by molar-refractivity contribution is 5.76. The quantitative estimate of drug-likeness (QED) is 0.658. The topological polar surface area (TPSA) is 91.9 Å². The summed E-state index contributed by atoms with van der Waals surface area (Å²) in [6.45, 7) is 0.203. The lowest BCUT2D eigenvalue weighted by Gasteiger charge is -1.93. The average Bonchev–Trinajstić information content (AvgIpc) is 2.86. The molecule has 2 N–H and O–H groups in total. The summed E-state index contributed by atoms with van der Waals surface area (Å²) in [7, 11) is 1.64. The molecule has 0 unspecified atom stereocenters. The molecule has 3 aromatic rings. The maximum Gasteiger partial charge on any atom is 0.345 e. The average molecular weight is 245 g/mol. The number of hydrogen-bond acceptors (Lipinski definition) is 5. The van der Waals surface area contributed by atoms with E-state index in [1.54, 1.807) is 25.2 Å². The van der Waals surface area contributed by atoms with Gasteiger partial charge in [-0.3, -0.25) is 4.57 Å². The fourth-order valence-electron chi connectivity index (χ4n) is 1.71. The van der Waals surface area contributed by atoms with E-state index >= 15 is 0 Å². The third-order valence-electron chi connectivity index (χ3n) is 2.63. The van der Waals surface area contributed by atoms with Crippen LogP contribution in [0.2, 0.25) is 0 Å². The summed E-state index contributed by atoms with van der Waals surface area (Å²) < 4.78 is 8.19. The number of benzene rings is 1. The van der Waals surface area contributed by atoms with Crippen molar-refractivity contribution in [3.63, 3.8) is 0 Å². The van der Waals surface area contributed by atoms with Crippen LogP contribution in [-0.4, -0.2) is 19.3 Å². The summed E-state index contributed by atoms with van der Waals surface area (Å²) in [4.78, 5) is 15.9. The van der Waals surface area contributed by atoms with Crippen molar-refractivity contribution in [3.05, 3.63) is 40.9 Å². The third-order valence-corrected chi connectivity index (χ3v) is 2.63. The number of anilines is 1. The first-order valence-electron chi connectivity index (χ1n) is 5.37. The summed E-state index contributed by atoms with van der Waals surface area (Å²) in [6.07, 6.45) is 1.45. The molecule has 0 saturated carbocycles. The van der Waals surface area contributed by atoms with Crippen molar-refractivity contribution in [2.75, 3.05) is 5.73 Å². The summed E-state index contributed by atoms with van der Waals surface area (Å²) in [5.74, 6) is 0.427. The second kappa shape index (κ2) is 3.73. The van der Waals surface area contributed by atoms with Crippen molar-refractivity contribution in [3.8, 4) is 0 Å². The zero-order chi connectivity index (χ0) is 12.7. The predicted molar refractivity (Wildman–Crippen MR) is 65.0 cm³/mol. The van der Waals surface area contributed by atoms with E-state index < -0.39 is 0 Å². The molecular formula is C11H11N5O2. The van der Waals surface area contributed by atoms with Crippen molar-refractivity contribution in [2.24, 2.45) is 7.05 Å². The Labute approximate surface area is 101 Å². The molecule has 2 heterocycles. The Bertz CT molecular complexity index is 767. The van der Waals surface area contributed by atoms with Gasteiger partial charge in [-0.15, -0.1) is 0 Å². The van der Waals surface area contributed by atoms with Gasteiger partial charge in [0.1, 0.15) is 18.4 Å². The highest BCUT2D eigenvalue weighted by Gasteiger charge is 2.09. The Balaban J connectivity index is 2.00. The molecule has 7 nitrogen and oxygen atoms in total. The normalized spacial score (nSPS) is 11.2. The monoisotopic (exact) mass is 245 g/mol. The smallest absolute Gasteiger partial charge is 0.345 e. The number of rotatable bonds is 2. The Morgan fingerprint density at radius 1 is 1.44 bits per heavy atom. The van der Waals surface area contributed by atoms with Gasteiger partial charge in [-0.25, -0.2) is 14.5 Å². The predicted octanol–water partition coefficient (Wildman–Crippen LogP) is 0.354. The van der Waals surface area contributed by atoms with Gasteiger partial charge in [-0.1, -0.05) is 0 Å². The fraction of sp³-hybridized carbons (Fsp3) is 0.182. The van der Waals surface area contributed by atoms with Gasteiger partial charge >= 0.3 is 5.69 Å². The minimum atomic E-state index is -0.211. The summed E-state index contributed by atoms with van der Waals surface area (Å²) in [5, 5.41) is 3.94. The van der Waals surface area contributed by atoms with Crippen LogP contribution in [0.25, 0.3) is 11.1 Å². The summed E-state index contributed by atoms with van der Waals surface area (Å²) in [5.41, 5.74) is 7.37. The van der Waals surface area contributed by atoms with Gasteiger partial charge in [0.25, 0.3) is 0 Å². The van der Waals surface area contributed by atoms with Crippen molar-refractivity contribution >= 4 is 16.8 Å². The first kappa shape index (κ1) is 10.6. The molecule has 3 rings (SSSR count). The van der Waals surface area contributed by atoms with Crippen LogP contribution in [0.15, 0.2) is 33.7 Å². The lowest BCUT2D eigenvalue weighted by Crippen LogP contribution is -2.23. The number of hydrogen-bond donors (Lipinski definition) is 1. The molecule has 18 heavy (non-hydrogen) atoms. The molecule has 0 bridgehead atoms. The van der Waals surface area contributed by atoms with Gasteiger partial charge in [0.2, 0.25) is 5.89 Å². The maximum atomic E-state index is 11.6. The standard InChI is InChI=1S/C11H11N5O2/c1-15-6-13-16(11(15)17)5-10-14-8-3-2-7(12)4-9(8)18-10/h2-4,6H,5,12H2,1H3. The lowest BCUT2D eigenvalue weighted by molar-refractivity contribution is 0.483. The highest BCUT2D eigenvalue weighted by Crippen LogP contribution is 2.18. The number of nitrogen functional groups attached to an aromatic ring is 1. The number of nitrogens with zero attached hydrogens (tertiary/aromatic N) is 4. The molecule has 0 saturated heterocycles. The molecule has 0 aliphatic carbocycles.